The first-order valence-electron chi connectivity index (χ1n) is 26.1. The number of hydrogen-bond acceptors (Lipinski definition) is 4. The van der Waals surface area contributed by atoms with Crippen LogP contribution in [0.3, 0.4) is 0 Å². The Morgan fingerprint density at radius 2 is 1.33 bits per heavy atom. The number of hydrogen-bond donors (Lipinski definition) is 0. The maximum atomic E-state index is 8.93. The zero-order chi connectivity index (χ0) is 51.7. The van der Waals surface area contributed by atoms with E-state index in [0.717, 1.165) is 61.2 Å². The van der Waals surface area contributed by atoms with Gasteiger partial charge in [0.1, 0.15) is 5.82 Å². The monoisotopic (exact) mass is 1080 g/mol. The van der Waals surface area contributed by atoms with E-state index in [4.69, 9.17) is 13.0 Å². The van der Waals surface area contributed by atoms with Gasteiger partial charge in [0.05, 0.1) is 0 Å². The summed E-state index contributed by atoms with van der Waals surface area (Å²) in [6, 6.07) is 64.5. The third-order valence-electron chi connectivity index (χ3n) is 13.8. The van der Waals surface area contributed by atoms with E-state index in [9.17, 15) is 0 Å². The summed E-state index contributed by atoms with van der Waals surface area (Å²) in [6.45, 7) is 8.61. The van der Waals surface area contributed by atoms with Crippen molar-refractivity contribution in [3.05, 3.63) is 223 Å². The van der Waals surface area contributed by atoms with Gasteiger partial charge in [0.25, 0.3) is 0 Å². The summed E-state index contributed by atoms with van der Waals surface area (Å²) < 4.78 is 59.6. The van der Waals surface area contributed by atoms with Crippen molar-refractivity contribution in [1.82, 2.24) is 9.55 Å². The Morgan fingerprint density at radius 1 is 0.609 bits per heavy atom. The topological polar surface area (TPSA) is 33.5 Å². The Morgan fingerprint density at radius 3 is 2.13 bits per heavy atom. The molecule has 0 bridgehead atoms. The molecule has 0 N–H and O–H groups in total. The van der Waals surface area contributed by atoms with Crippen LogP contribution in [0.25, 0.3) is 61.0 Å². The van der Waals surface area contributed by atoms with Gasteiger partial charge in [-0.25, -0.2) is 4.98 Å². The molecule has 11 rings (SSSR count). The fraction of sp³-hybridized carbons (Fsp3) is 0.143. The molecule has 2 aromatic heterocycles. The molecule has 0 saturated heterocycles. The van der Waals surface area contributed by atoms with Gasteiger partial charge in [-0.05, 0) is 112 Å². The van der Waals surface area contributed by atoms with Crippen molar-refractivity contribution in [1.29, 1.82) is 0 Å². The average Bonchev–Trinajstić information content (AvgIpc) is 3.94. The van der Waals surface area contributed by atoms with E-state index in [2.05, 4.69) is 105 Å². The molecule has 0 fully saturated rings. The number of para-hydroxylation sites is 4. The van der Waals surface area contributed by atoms with E-state index in [0.29, 0.717) is 40.0 Å². The molecule has 0 saturated carbocycles. The minimum Gasteiger partial charge on any atom is -0.509 e. The predicted molar refractivity (Wildman–Crippen MR) is 283 cm³/mol. The molecule has 0 spiro atoms. The van der Waals surface area contributed by atoms with Crippen LogP contribution in [0.4, 0.5) is 22.7 Å². The van der Waals surface area contributed by atoms with Crippen molar-refractivity contribution in [2.24, 2.45) is 5.92 Å². The molecular weight excluding hydrogens is 1020 g/mol. The van der Waals surface area contributed by atoms with Gasteiger partial charge in [-0.2, -0.15) is 12.1 Å². The van der Waals surface area contributed by atoms with Crippen molar-refractivity contribution in [3.8, 4) is 50.7 Å². The maximum Gasteiger partial charge on any atom is 0.135 e. The quantitative estimate of drug-likeness (QED) is 0.128. The van der Waals surface area contributed by atoms with E-state index < -0.39 is 13.7 Å². The average molecular weight is 1080 g/mol. The number of benzene rings is 8. The third-order valence-corrected chi connectivity index (χ3v) is 13.8. The van der Waals surface area contributed by atoms with Gasteiger partial charge in [0.15, 0.2) is 0 Å². The van der Waals surface area contributed by atoms with Crippen molar-refractivity contribution in [3.63, 3.8) is 0 Å². The minimum absolute atomic E-state index is 0. The summed E-state index contributed by atoms with van der Waals surface area (Å²) >= 11 is 0. The number of fused-ring (bicyclic) bond motifs is 4. The fourth-order valence-corrected chi connectivity index (χ4v) is 9.66. The van der Waals surface area contributed by atoms with Crippen molar-refractivity contribution in [2.75, 3.05) is 9.80 Å². The molecule has 0 atom stereocenters. The molecule has 0 radical (unpaired) electrons. The molecule has 0 unspecified atom stereocenters. The molecule has 1 aliphatic heterocycles. The minimum atomic E-state index is -2.43. The molecule has 6 heteroatoms. The number of nitrogens with zero attached hydrogens (tertiary/aromatic N) is 4. The molecular formula is C63H53N4OPt-3. The van der Waals surface area contributed by atoms with Crippen LogP contribution in [-0.4, -0.2) is 9.55 Å². The maximum absolute atomic E-state index is 8.93. The molecule has 8 aromatic carbocycles. The zero-order valence-electron chi connectivity index (χ0n) is 45.0. The standard InChI is InChI=1S/C63H53N4O.Pt/c1-41(2)63(6,7)56-32-28-47(37-44(56)5)52-22-16-23-55(51-30-27-46(36-43(51)4)45-17-9-8-10-18-45)62(52)66-40-65(58-25-13-14-26-59(58)66)48-19-15-20-49(38-48)68-50-29-31-54-53-21-11-12-24-57(53)67(60(54)39-50)61-35-42(3)33-34-64-61;/h8-37,40-41H,1-7H3;/q-3;/i3D3,4D3;. The smallest absolute Gasteiger partial charge is 0.135 e. The summed E-state index contributed by atoms with van der Waals surface area (Å²) in [6.07, 6.45) is 1.52. The summed E-state index contributed by atoms with van der Waals surface area (Å²) in [5, 5.41) is 1.89. The van der Waals surface area contributed by atoms with E-state index in [1.54, 1.807) is 6.07 Å². The van der Waals surface area contributed by atoms with Crippen LogP contribution in [0.5, 0.6) is 11.5 Å². The largest absolute Gasteiger partial charge is 0.509 e. The Bertz CT molecular complexity index is 3770. The van der Waals surface area contributed by atoms with Crippen LogP contribution >= 0.6 is 0 Å². The van der Waals surface area contributed by atoms with Gasteiger partial charge in [-0.15, -0.1) is 48.1 Å². The normalized spacial score (nSPS) is 14.1. The molecule has 1 aliphatic rings. The first-order valence-corrected chi connectivity index (χ1v) is 23.1. The van der Waals surface area contributed by atoms with E-state index in [-0.39, 0.29) is 37.6 Å². The van der Waals surface area contributed by atoms with Crippen LogP contribution in [0, 0.1) is 45.3 Å². The van der Waals surface area contributed by atoms with Crippen LogP contribution in [0.2, 0.25) is 0 Å². The molecule has 3 heterocycles. The summed E-state index contributed by atoms with van der Waals surface area (Å²) in [4.78, 5) is 8.87. The van der Waals surface area contributed by atoms with E-state index >= 15 is 0 Å². The number of anilines is 4. The van der Waals surface area contributed by atoms with Gasteiger partial charge < -0.3 is 19.1 Å². The molecule has 10 aromatic rings. The Kier molecular flexibility index (Phi) is 10.3. The van der Waals surface area contributed by atoms with E-state index in [1.807, 2.05) is 132 Å². The third kappa shape index (κ3) is 8.23. The van der Waals surface area contributed by atoms with Crippen LogP contribution in [-0.2, 0) is 26.5 Å². The Labute approximate surface area is 429 Å². The van der Waals surface area contributed by atoms with Crippen molar-refractivity contribution in [2.45, 2.75) is 53.7 Å². The molecule has 344 valence electrons. The summed E-state index contributed by atoms with van der Waals surface area (Å²) in [7, 11) is 0. The van der Waals surface area contributed by atoms with Crippen molar-refractivity contribution >= 4 is 44.6 Å². The van der Waals surface area contributed by atoms with Crippen LogP contribution in [0.15, 0.2) is 182 Å². The number of pyridine rings is 1. The molecule has 69 heavy (non-hydrogen) atoms. The van der Waals surface area contributed by atoms with Crippen molar-refractivity contribution < 1.29 is 34.0 Å². The Hall–Kier alpha value is -7.20. The predicted octanol–water partition coefficient (Wildman–Crippen LogP) is 16.8. The van der Waals surface area contributed by atoms with Gasteiger partial charge in [0.2, 0.25) is 0 Å². The van der Waals surface area contributed by atoms with Crippen LogP contribution < -0.4 is 14.5 Å². The second kappa shape index (κ2) is 18.4. The van der Waals surface area contributed by atoms with E-state index in [1.165, 1.54) is 23.4 Å². The Balaban J connectivity index is 0.00000641. The van der Waals surface area contributed by atoms with Crippen LogP contribution in [0.1, 0.15) is 58.2 Å². The number of aromatic nitrogens is 2. The zero-order valence-corrected chi connectivity index (χ0v) is 41.3. The first-order chi connectivity index (χ1) is 35.5. The molecule has 0 amide bonds. The summed E-state index contributed by atoms with van der Waals surface area (Å²) in [5.41, 5.74) is 12.9. The number of rotatable bonds is 10. The van der Waals surface area contributed by atoms with Gasteiger partial charge in [-0.1, -0.05) is 148 Å². The van der Waals surface area contributed by atoms with Gasteiger partial charge in [0, 0.05) is 80.7 Å². The number of ether oxygens (including phenoxy) is 1. The van der Waals surface area contributed by atoms with Gasteiger partial charge in [-0.3, -0.25) is 0 Å². The van der Waals surface area contributed by atoms with Gasteiger partial charge >= 0.3 is 0 Å². The molecule has 5 nitrogen and oxygen atoms in total. The fourth-order valence-electron chi connectivity index (χ4n) is 9.66. The SMILES string of the molecule is [2H]C([2H])([2H])c1ccnc(-n2c3[c-]c(Oc4[c-]c(N5[CH-]N(c6c(-c7ccc(C(C)(C)C(C)C)c(C)c7)cccc6-c6ccc(-c7ccccc7)cc6C([2H])([2H])[2H])c6ccccc65)ccc4)ccc3c3ccccc32)c1.[Pt]. The number of aryl methyl sites for hydroxylation is 3. The first kappa shape index (κ1) is 38.7. The second-order valence-electron chi connectivity index (χ2n) is 18.4. The molecule has 0 aliphatic carbocycles. The second-order valence-corrected chi connectivity index (χ2v) is 18.4. The summed E-state index contributed by atoms with van der Waals surface area (Å²) in [5.74, 6) is 1.77.